The second kappa shape index (κ2) is 8.41. The lowest BCUT2D eigenvalue weighted by Gasteiger charge is -2.31. The highest BCUT2D eigenvalue weighted by Gasteiger charge is 2.33. The van der Waals surface area contributed by atoms with E-state index in [-0.39, 0.29) is 0 Å². The summed E-state index contributed by atoms with van der Waals surface area (Å²) in [6, 6.07) is 11.0. The Morgan fingerprint density at radius 2 is 1.90 bits per heavy atom. The maximum absolute atomic E-state index is 5.98. The molecular formula is C22H26N6O. The molecule has 0 unspecified atom stereocenters. The van der Waals surface area contributed by atoms with Crippen molar-refractivity contribution in [3.05, 3.63) is 72.6 Å². The van der Waals surface area contributed by atoms with Gasteiger partial charge < -0.3 is 4.74 Å². The first-order chi connectivity index (χ1) is 14.3. The first kappa shape index (κ1) is 18.4. The minimum absolute atomic E-state index is 0.386. The van der Waals surface area contributed by atoms with E-state index < -0.39 is 0 Å². The van der Waals surface area contributed by atoms with Crippen molar-refractivity contribution < 1.29 is 4.74 Å². The average Bonchev–Trinajstić information content (AvgIpc) is 3.15. The molecule has 0 spiro atoms. The van der Waals surface area contributed by atoms with Crippen LogP contribution in [0, 0.1) is 5.92 Å². The third kappa shape index (κ3) is 4.37. The van der Waals surface area contributed by atoms with Crippen LogP contribution >= 0.6 is 0 Å². The van der Waals surface area contributed by atoms with Gasteiger partial charge in [-0.25, -0.2) is 14.6 Å². The van der Waals surface area contributed by atoms with E-state index in [4.69, 9.17) is 4.74 Å². The molecule has 2 saturated heterocycles. The fourth-order valence-electron chi connectivity index (χ4n) is 4.47. The largest absolute Gasteiger partial charge is 0.379 e. The van der Waals surface area contributed by atoms with E-state index in [9.17, 15) is 0 Å². The van der Waals surface area contributed by atoms with Crippen molar-refractivity contribution in [3.63, 3.8) is 0 Å². The molecule has 2 bridgehead atoms. The molecule has 2 aliphatic heterocycles. The maximum atomic E-state index is 5.98. The minimum atomic E-state index is 0.386. The van der Waals surface area contributed by atoms with Gasteiger partial charge in [0.05, 0.1) is 18.9 Å². The van der Waals surface area contributed by atoms with Gasteiger partial charge in [0.1, 0.15) is 6.33 Å². The molecule has 29 heavy (non-hydrogen) atoms. The molecule has 0 amide bonds. The van der Waals surface area contributed by atoms with Crippen molar-refractivity contribution in [2.24, 2.45) is 5.92 Å². The number of nitrogens with zero attached hydrogens (tertiary/aromatic N) is 6. The monoisotopic (exact) mass is 390 g/mol. The molecule has 0 radical (unpaired) electrons. The fourth-order valence-corrected chi connectivity index (χ4v) is 4.47. The normalized spacial score (nSPS) is 23.0. The van der Waals surface area contributed by atoms with Crippen LogP contribution in [-0.2, 0) is 17.8 Å². The molecule has 7 heteroatoms. The van der Waals surface area contributed by atoms with E-state index in [0.29, 0.717) is 12.0 Å². The molecular weight excluding hydrogens is 364 g/mol. The van der Waals surface area contributed by atoms with Gasteiger partial charge in [-0.3, -0.25) is 9.80 Å². The van der Waals surface area contributed by atoms with Crippen LogP contribution in [0.4, 0.5) is 0 Å². The van der Waals surface area contributed by atoms with Gasteiger partial charge in [-0.05, 0) is 23.8 Å². The summed E-state index contributed by atoms with van der Waals surface area (Å²) in [5.74, 6) is 0.515. The standard InChI is InChI=1S/C22H26N6O/c1-3-18(7-21(4-1)28-6-2-5-25-28)10-26-11-20-13-27(22(14-26)16-29-15-20)12-19-8-23-17-24-9-19/h1-9,17,20,22H,10-16H2/t20-,22-/m0/s1. The Bertz CT molecular complexity index is 916. The molecule has 4 heterocycles. The van der Waals surface area contributed by atoms with Crippen LogP contribution in [0.3, 0.4) is 0 Å². The van der Waals surface area contributed by atoms with Gasteiger partial charge in [0.25, 0.3) is 0 Å². The van der Waals surface area contributed by atoms with Crippen LogP contribution in [0.1, 0.15) is 11.1 Å². The lowest BCUT2D eigenvalue weighted by atomic mass is 10.1. The van der Waals surface area contributed by atoms with Gasteiger partial charge in [-0.2, -0.15) is 5.10 Å². The zero-order chi connectivity index (χ0) is 19.5. The Kier molecular flexibility index (Phi) is 5.34. The highest BCUT2D eigenvalue weighted by molar-refractivity contribution is 5.35. The lowest BCUT2D eigenvalue weighted by Crippen LogP contribution is -2.43. The van der Waals surface area contributed by atoms with Crippen molar-refractivity contribution in [1.29, 1.82) is 0 Å². The van der Waals surface area contributed by atoms with Crippen LogP contribution in [0.5, 0.6) is 0 Å². The first-order valence-electron chi connectivity index (χ1n) is 10.2. The van der Waals surface area contributed by atoms with Crippen LogP contribution in [0.15, 0.2) is 61.4 Å². The second-order valence-electron chi connectivity index (χ2n) is 8.05. The molecule has 2 fully saturated rings. The van der Waals surface area contributed by atoms with Gasteiger partial charge in [0.15, 0.2) is 0 Å². The van der Waals surface area contributed by atoms with Crippen molar-refractivity contribution in [1.82, 2.24) is 29.5 Å². The van der Waals surface area contributed by atoms with E-state index >= 15 is 0 Å². The van der Waals surface area contributed by atoms with Crippen LogP contribution in [0.25, 0.3) is 5.69 Å². The number of ether oxygens (including phenoxy) is 1. The SMILES string of the molecule is c1cc(CN2C[C@@H]3COC[C@H](C2)N(Cc2cncnc2)C3)cc(-n2cccn2)c1. The molecule has 2 aromatic heterocycles. The van der Waals surface area contributed by atoms with Crippen molar-refractivity contribution in [3.8, 4) is 5.69 Å². The topological polar surface area (TPSA) is 59.3 Å². The predicted molar refractivity (Wildman–Crippen MR) is 109 cm³/mol. The quantitative estimate of drug-likeness (QED) is 0.664. The second-order valence-corrected chi connectivity index (χ2v) is 8.05. The molecule has 150 valence electrons. The molecule has 2 atom stereocenters. The number of rotatable bonds is 5. The number of fused-ring (bicyclic) bond motifs is 3. The number of benzene rings is 1. The maximum Gasteiger partial charge on any atom is 0.115 e. The van der Waals surface area contributed by atoms with Crippen molar-refractivity contribution in [2.45, 2.75) is 19.1 Å². The molecule has 5 rings (SSSR count). The van der Waals surface area contributed by atoms with Crippen LogP contribution in [-0.4, -0.2) is 68.4 Å². The Balaban J connectivity index is 1.31. The molecule has 0 saturated carbocycles. The smallest absolute Gasteiger partial charge is 0.115 e. The summed E-state index contributed by atoms with van der Waals surface area (Å²) in [7, 11) is 0. The third-order valence-electron chi connectivity index (χ3n) is 5.74. The third-order valence-corrected chi connectivity index (χ3v) is 5.74. The van der Waals surface area contributed by atoms with E-state index in [2.05, 4.69) is 49.1 Å². The summed E-state index contributed by atoms with van der Waals surface area (Å²) in [5.41, 5.74) is 3.59. The lowest BCUT2D eigenvalue weighted by molar-refractivity contribution is 0.0470. The van der Waals surface area contributed by atoms with E-state index in [0.717, 1.165) is 51.6 Å². The first-order valence-corrected chi connectivity index (χ1v) is 10.2. The number of hydrogen-bond donors (Lipinski definition) is 0. The zero-order valence-electron chi connectivity index (χ0n) is 16.5. The highest BCUT2D eigenvalue weighted by Crippen LogP contribution is 2.23. The zero-order valence-corrected chi connectivity index (χ0v) is 16.5. The van der Waals surface area contributed by atoms with Gasteiger partial charge in [0.2, 0.25) is 0 Å². The minimum Gasteiger partial charge on any atom is -0.379 e. The summed E-state index contributed by atoms with van der Waals surface area (Å²) in [6.45, 7) is 6.58. The molecule has 2 aliphatic rings. The molecule has 7 nitrogen and oxygen atoms in total. The van der Waals surface area contributed by atoms with Gasteiger partial charge in [-0.15, -0.1) is 0 Å². The summed E-state index contributed by atoms with van der Waals surface area (Å²) in [6.07, 6.45) is 9.22. The van der Waals surface area contributed by atoms with E-state index in [1.54, 1.807) is 6.33 Å². The summed E-state index contributed by atoms with van der Waals surface area (Å²) >= 11 is 0. The van der Waals surface area contributed by atoms with Gasteiger partial charge >= 0.3 is 0 Å². The van der Waals surface area contributed by atoms with Gasteiger partial charge in [0, 0.05) is 75.0 Å². The Morgan fingerprint density at radius 3 is 2.76 bits per heavy atom. The molecule has 3 aromatic rings. The summed E-state index contributed by atoms with van der Waals surface area (Å²) < 4.78 is 7.90. The average molecular weight is 390 g/mol. The number of hydrogen-bond acceptors (Lipinski definition) is 6. The van der Waals surface area contributed by atoms with E-state index in [1.165, 1.54) is 11.1 Å². The Labute approximate surface area is 170 Å². The van der Waals surface area contributed by atoms with Gasteiger partial charge in [-0.1, -0.05) is 12.1 Å². The highest BCUT2D eigenvalue weighted by atomic mass is 16.5. The summed E-state index contributed by atoms with van der Waals surface area (Å²) in [5, 5.41) is 4.36. The molecule has 0 aliphatic carbocycles. The van der Waals surface area contributed by atoms with E-state index in [1.807, 2.05) is 35.5 Å². The van der Waals surface area contributed by atoms with Crippen molar-refractivity contribution >= 4 is 0 Å². The number of aromatic nitrogens is 4. The summed E-state index contributed by atoms with van der Waals surface area (Å²) in [4.78, 5) is 13.5. The molecule has 0 N–H and O–H groups in total. The molecule has 1 aromatic carbocycles. The van der Waals surface area contributed by atoms with Crippen LogP contribution in [0.2, 0.25) is 0 Å². The Hall–Kier alpha value is -2.61. The predicted octanol–water partition coefficient (Wildman–Crippen LogP) is 2.00. The van der Waals surface area contributed by atoms with Crippen molar-refractivity contribution in [2.75, 3.05) is 32.8 Å². The van der Waals surface area contributed by atoms with Crippen LogP contribution < -0.4 is 0 Å². The Morgan fingerprint density at radius 1 is 0.966 bits per heavy atom. The fraction of sp³-hybridized carbons (Fsp3) is 0.409.